The largest absolute Gasteiger partial charge is 0.416 e. The van der Waals surface area contributed by atoms with Crippen LogP contribution in [0.5, 0.6) is 0 Å². The molecule has 0 bridgehead atoms. The van der Waals surface area contributed by atoms with E-state index in [0.29, 0.717) is 16.1 Å². The summed E-state index contributed by atoms with van der Waals surface area (Å²) < 4.78 is 37.7. The van der Waals surface area contributed by atoms with Gasteiger partial charge in [0.1, 0.15) is 0 Å². The van der Waals surface area contributed by atoms with Gasteiger partial charge in [-0.25, -0.2) is 0 Å². The molecule has 2 aromatic carbocycles. The van der Waals surface area contributed by atoms with E-state index in [0.717, 1.165) is 23.3 Å². The summed E-state index contributed by atoms with van der Waals surface area (Å²) in [5.74, 6) is 0. The quantitative estimate of drug-likeness (QED) is 0.566. The van der Waals surface area contributed by atoms with E-state index in [4.69, 9.17) is 23.2 Å². The molecule has 0 aliphatic rings. The molecule has 0 saturated carbocycles. The monoisotopic (exact) mass is 332 g/mol. The van der Waals surface area contributed by atoms with Crippen LogP contribution in [0.4, 0.5) is 13.2 Å². The average Bonchev–Trinajstić information content (AvgIpc) is 2.41. The molecule has 5 heteroatoms. The normalized spacial score (nSPS) is 13.3. The topological polar surface area (TPSA) is 0 Å². The smallest absolute Gasteiger partial charge is 0.166 e. The van der Waals surface area contributed by atoms with Gasteiger partial charge in [0.15, 0.2) is 0 Å². The first-order valence-electron chi connectivity index (χ1n) is 6.28. The van der Waals surface area contributed by atoms with Crippen LogP contribution >= 0.6 is 23.2 Å². The van der Waals surface area contributed by atoms with Gasteiger partial charge in [0.2, 0.25) is 0 Å². The van der Waals surface area contributed by atoms with Gasteiger partial charge in [0.25, 0.3) is 0 Å². The molecule has 0 aliphatic heterocycles. The predicted molar refractivity (Wildman–Crippen MR) is 80.1 cm³/mol. The van der Waals surface area contributed by atoms with Crippen molar-refractivity contribution >= 4 is 23.2 Å². The average molecular weight is 333 g/mol. The third kappa shape index (κ3) is 3.53. The third-order valence-corrected chi connectivity index (χ3v) is 4.23. The van der Waals surface area contributed by atoms with Crippen molar-refractivity contribution in [3.63, 3.8) is 0 Å². The summed E-state index contributed by atoms with van der Waals surface area (Å²) in [7, 11) is 0. The minimum absolute atomic E-state index is 0.512. The fraction of sp³-hybridized carbons (Fsp3) is 0.250. The van der Waals surface area contributed by atoms with Gasteiger partial charge in [-0.2, -0.15) is 13.2 Å². The minimum atomic E-state index is -4.35. The lowest BCUT2D eigenvalue weighted by molar-refractivity contribution is -0.137. The Morgan fingerprint density at radius 2 is 1.48 bits per heavy atom. The van der Waals surface area contributed by atoms with Gasteiger partial charge >= 0.3 is 6.18 Å². The zero-order valence-electron chi connectivity index (χ0n) is 11.4. The van der Waals surface area contributed by atoms with Crippen LogP contribution in [0.2, 0.25) is 5.02 Å². The highest BCUT2D eigenvalue weighted by Crippen LogP contribution is 2.36. The lowest BCUT2D eigenvalue weighted by Gasteiger charge is -2.15. The second-order valence-corrected chi connectivity index (χ2v) is 5.78. The van der Waals surface area contributed by atoms with Crippen LogP contribution < -0.4 is 0 Å². The Labute approximate surface area is 131 Å². The Bertz CT molecular complexity index is 646. The molecule has 21 heavy (non-hydrogen) atoms. The predicted octanol–water partition coefficient (Wildman–Crippen LogP) is 6.30. The summed E-state index contributed by atoms with van der Waals surface area (Å²) in [5, 5.41) is -0.0721. The summed E-state index contributed by atoms with van der Waals surface area (Å²) >= 11 is 12.5. The second-order valence-electron chi connectivity index (χ2n) is 4.94. The van der Waals surface area contributed by atoms with Crippen LogP contribution in [-0.2, 0) is 6.18 Å². The van der Waals surface area contributed by atoms with E-state index in [-0.39, 0.29) is 0 Å². The lowest BCUT2D eigenvalue weighted by Crippen LogP contribution is -2.05. The molecule has 0 amide bonds. The number of halogens is 5. The standard InChI is InChI=1S/C16H13Cl2F3/c1-9-7-13(14(17)8-10(9)2)15(18)11-3-5-12(6-4-11)16(19,20)21/h3-8,15H,1-2H3. The number of aryl methyl sites for hydroxylation is 2. The minimum Gasteiger partial charge on any atom is -0.166 e. The van der Waals surface area contributed by atoms with Gasteiger partial charge in [0, 0.05) is 5.02 Å². The van der Waals surface area contributed by atoms with Gasteiger partial charge in [-0.15, -0.1) is 11.6 Å². The second kappa shape index (κ2) is 5.90. The van der Waals surface area contributed by atoms with Crippen molar-refractivity contribution in [3.05, 3.63) is 69.2 Å². The first kappa shape index (κ1) is 16.2. The molecule has 112 valence electrons. The summed E-state index contributed by atoms with van der Waals surface area (Å²) in [6.45, 7) is 3.87. The Morgan fingerprint density at radius 3 is 2.00 bits per heavy atom. The number of hydrogen-bond donors (Lipinski definition) is 0. The van der Waals surface area contributed by atoms with Gasteiger partial charge in [-0.1, -0.05) is 29.8 Å². The zero-order valence-corrected chi connectivity index (χ0v) is 12.9. The van der Waals surface area contributed by atoms with E-state index in [1.165, 1.54) is 12.1 Å². The number of alkyl halides is 4. The number of hydrogen-bond acceptors (Lipinski definition) is 0. The highest BCUT2D eigenvalue weighted by Gasteiger charge is 2.30. The summed E-state index contributed by atoms with van der Waals surface area (Å²) in [6, 6.07) is 8.50. The van der Waals surface area contributed by atoms with E-state index in [1.807, 2.05) is 26.0 Å². The van der Waals surface area contributed by atoms with E-state index >= 15 is 0 Å². The molecule has 0 radical (unpaired) electrons. The fourth-order valence-electron chi connectivity index (χ4n) is 2.02. The fourth-order valence-corrected chi connectivity index (χ4v) is 2.73. The van der Waals surface area contributed by atoms with E-state index in [1.54, 1.807) is 0 Å². The molecule has 0 saturated heterocycles. The molecule has 0 aliphatic carbocycles. The molecule has 0 heterocycles. The van der Waals surface area contributed by atoms with Crippen LogP contribution in [0.1, 0.15) is 33.2 Å². The van der Waals surface area contributed by atoms with Crippen molar-refractivity contribution in [1.29, 1.82) is 0 Å². The van der Waals surface area contributed by atoms with Crippen molar-refractivity contribution in [2.75, 3.05) is 0 Å². The van der Waals surface area contributed by atoms with E-state index < -0.39 is 17.1 Å². The molecular formula is C16H13Cl2F3. The molecular weight excluding hydrogens is 320 g/mol. The Hall–Kier alpha value is -1.19. The Balaban J connectivity index is 2.36. The maximum absolute atomic E-state index is 12.6. The highest BCUT2D eigenvalue weighted by molar-refractivity contribution is 6.33. The molecule has 2 rings (SSSR count). The first-order valence-corrected chi connectivity index (χ1v) is 7.09. The van der Waals surface area contributed by atoms with Crippen molar-refractivity contribution in [1.82, 2.24) is 0 Å². The molecule has 0 spiro atoms. The van der Waals surface area contributed by atoms with E-state index in [9.17, 15) is 13.2 Å². The maximum Gasteiger partial charge on any atom is 0.416 e. The van der Waals surface area contributed by atoms with Crippen LogP contribution in [0, 0.1) is 13.8 Å². The van der Waals surface area contributed by atoms with Gasteiger partial charge in [-0.05, 0) is 54.3 Å². The molecule has 0 fully saturated rings. The SMILES string of the molecule is Cc1cc(Cl)c(C(Cl)c2ccc(C(F)(F)F)cc2)cc1C. The molecule has 1 atom stereocenters. The molecule has 0 aromatic heterocycles. The van der Waals surface area contributed by atoms with Crippen LogP contribution in [0.25, 0.3) is 0 Å². The number of benzene rings is 2. The molecule has 2 aromatic rings. The van der Waals surface area contributed by atoms with Crippen molar-refractivity contribution in [2.24, 2.45) is 0 Å². The molecule has 0 nitrogen and oxygen atoms in total. The highest BCUT2D eigenvalue weighted by atomic mass is 35.5. The summed E-state index contributed by atoms with van der Waals surface area (Å²) in [4.78, 5) is 0. The van der Waals surface area contributed by atoms with Crippen LogP contribution in [0.15, 0.2) is 36.4 Å². The van der Waals surface area contributed by atoms with Crippen molar-refractivity contribution in [3.8, 4) is 0 Å². The molecule has 1 unspecified atom stereocenters. The molecule has 0 N–H and O–H groups in total. The maximum atomic E-state index is 12.6. The van der Waals surface area contributed by atoms with Crippen molar-refractivity contribution in [2.45, 2.75) is 25.4 Å². The lowest BCUT2D eigenvalue weighted by atomic mass is 9.99. The summed E-state index contributed by atoms with van der Waals surface area (Å²) in [6.07, 6.45) is -4.35. The summed E-state index contributed by atoms with van der Waals surface area (Å²) in [5.41, 5.74) is 2.66. The first-order chi connectivity index (χ1) is 9.70. The third-order valence-electron chi connectivity index (χ3n) is 3.42. The van der Waals surface area contributed by atoms with Gasteiger partial charge in [0.05, 0.1) is 10.9 Å². The van der Waals surface area contributed by atoms with Crippen LogP contribution in [-0.4, -0.2) is 0 Å². The Kier molecular flexibility index (Phi) is 4.54. The van der Waals surface area contributed by atoms with Gasteiger partial charge < -0.3 is 0 Å². The van der Waals surface area contributed by atoms with Crippen molar-refractivity contribution < 1.29 is 13.2 Å². The number of rotatable bonds is 2. The zero-order chi connectivity index (χ0) is 15.8. The van der Waals surface area contributed by atoms with Crippen LogP contribution in [0.3, 0.4) is 0 Å². The van der Waals surface area contributed by atoms with E-state index in [2.05, 4.69) is 0 Å². The Morgan fingerprint density at radius 1 is 0.952 bits per heavy atom. The van der Waals surface area contributed by atoms with Gasteiger partial charge in [-0.3, -0.25) is 0 Å².